The quantitative estimate of drug-likeness (QED) is 0.295. The third-order valence-electron chi connectivity index (χ3n) is 2.11. The zero-order valence-electron chi connectivity index (χ0n) is 16.5. The van der Waals surface area contributed by atoms with Crippen molar-refractivity contribution in [3.63, 3.8) is 0 Å². The van der Waals surface area contributed by atoms with E-state index in [9.17, 15) is 19.2 Å². The Kier molecular flexibility index (Phi) is 36.9. The summed E-state index contributed by atoms with van der Waals surface area (Å²) in [6.07, 6.45) is 1.27. The van der Waals surface area contributed by atoms with Gasteiger partial charge < -0.3 is 16.4 Å². The molecule has 0 saturated carbocycles. The van der Waals surface area contributed by atoms with Crippen LogP contribution in [0, 0.1) is 11.6 Å². The molecule has 0 rings (SSSR count). The smallest absolute Gasteiger partial charge is 0.139 e. The van der Waals surface area contributed by atoms with E-state index in [1.54, 1.807) is 20.8 Å². The molecule has 0 spiro atoms. The second-order valence-electron chi connectivity index (χ2n) is 5.48. The predicted molar refractivity (Wildman–Crippen MR) is 95.2 cm³/mol. The van der Waals surface area contributed by atoms with Crippen molar-refractivity contribution in [1.29, 1.82) is 0 Å². The molecule has 25 heavy (non-hydrogen) atoms. The Morgan fingerprint density at radius 3 is 1.28 bits per heavy atom. The van der Waals surface area contributed by atoms with Crippen LogP contribution in [0.3, 0.4) is 0 Å². The van der Waals surface area contributed by atoms with Gasteiger partial charge in [0.25, 0.3) is 0 Å². The monoisotopic (exact) mass is 496 g/mol. The molecule has 0 unspecified atom stereocenters. The molecule has 0 N–H and O–H groups in total. The van der Waals surface area contributed by atoms with Gasteiger partial charge in [-0.25, -0.2) is 0 Å². The summed E-state index contributed by atoms with van der Waals surface area (Å²) in [5.41, 5.74) is 0. The standard InChI is InChI=1S/C8H12BO2.C6H10O2.C3H6B.2Y/c1-3-7(10)5-8(11)4-6(2)9;1-3-6(8)4-5(2)7;1-3(2)4;;/h3-5H2,1-2H3;3-4H2,1-2H3;1-2H3;;/q-1;;-1;;. The van der Waals surface area contributed by atoms with Crippen molar-refractivity contribution in [2.24, 2.45) is 0 Å². The van der Waals surface area contributed by atoms with E-state index >= 15 is 0 Å². The van der Waals surface area contributed by atoms with E-state index in [0.717, 1.165) is 5.82 Å². The van der Waals surface area contributed by atoms with Crippen molar-refractivity contribution in [2.75, 3.05) is 0 Å². The summed E-state index contributed by atoms with van der Waals surface area (Å²) >= 11 is 0. The molecule has 0 amide bonds. The van der Waals surface area contributed by atoms with Gasteiger partial charge in [-0.3, -0.25) is 14.4 Å². The maximum Gasteiger partial charge on any atom is 0.139 e. The van der Waals surface area contributed by atoms with Crippen LogP contribution in [0.5, 0.6) is 0 Å². The maximum absolute atomic E-state index is 10.9. The predicted octanol–water partition coefficient (Wildman–Crippen LogP) is 2.70. The molecule has 6 radical (unpaired) electrons. The van der Waals surface area contributed by atoms with Crippen LogP contribution >= 0.6 is 0 Å². The molecule has 8 heteroatoms. The minimum absolute atomic E-state index is 0. The zero-order valence-corrected chi connectivity index (χ0v) is 22.2. The second kappa shape index (κ2) is 25.0. The summed E-state index contributed by atoms with van der Waals surface area (Å²) in [6.45, 7) is 10.3. The molecular formula is C17H28B2O4Y2-2. The van der Waals surface area contributed by atoms with E-state index in [2.05, 4.69) is 0 Å². The Balaban J connectivity index is -0.0000000846. The Morgan fingerprint density at radius 1 is 0.760 bits per heavy atom. The Morgan fingerprint density at radius 2 is 1.08 bits per heavy atom. The van der Waals surface area contributed by atoms with E-state index in [0.29, 0.717) is 18.7 Å². The summed E-state index contributed by atoms with van der Waals surface area (Å²) in [4.78, 5) is 42.2. The van der Waals surface area contributed by atoms with Gasteiger partial charge in [-0.05, 0) is 6.92 Å². The fraction of sp³-hybridized carbons (Fsp3) is 0.647. The van der Waals surface area contributed by atoms with Gasteiger partial charge in [-0.1, -0.05) is 13.8 Å². The van der Waals surface area contributed by atoms with Crippen LogP contribution in [-0.4, -0.2) is 38.8 Å². The molecule has 0 aromatic carbocycles. The van der Waals surface area contributed by atoms with Gasteiger partial charge in [-0.15, -0.1) is 6.42 Å². The molecule has 0 atom stereocenters. The van der Waals surface area contributed by atoms with Crippen LogP contribution < -0.4 is 0 Å². The van der Waals surface area contributed by atoms with Gasteiger partial charge in [0.2, 0.25) is 0 Å². The van der Waals surface area contributed by atoms with Crippen LogP contribution in [0.25, 0.3) is 0 Å². The van der Waals surface area contributed by atoms with E-state index in [4.69, 9.17) is 15.7 Å². The van der Waals surface area contributed by atoms with Gasteiger partial charge in [-0.2, -0.15) is 36.5 Å². The molecule has 0 aliphatic carbocycles. The fourth-order valence-electron chi connectivity index (χ4n) is 1.12. The zero-order chi connectivity index (χ0) is 19.0. The number of Topliss-reactive ketones (excluding diaryl/α,β-unsaturated/α-hetero) is 4. The molecule has 0 saturated heterocycles. The molecule has 134 valence electrons. The Labute approximate surface area is 206 Å². The van der Waals surface area contributed by atoms with Crippen molar-refractivity contribution in [3.8, 4) is 0 Å². The van der Waals surface area contributed by atoms with Crippen molar-refractivity contribution in [1.82, 2.24) is 0 Å². The number of hydrogen-bond donors (Lipinski definition) is 0. The third-order valence-corrected chi connectivity index (χ3v) is 2.11. The SMILES string of the molecule is CCC(=O)CC(C)=O.[B][C-](C)C.[B][C-](C)CC(=O)CC(=O)CC.[Y].[Y]. The first-order chi connectivity index (χ1) is 10.5. The molecular weight excluding hydrogens is 468 g/mol. The fourth-order valence-corrected chi connectivity index (χ4v) is 1.12. The van der Waals surface area contributed by atoms with Crippen molar-refractivity contribution in [2.45, 2.75) is 73.6 Å². The number of hydrogen-bond acceptors (Lipinski definition) is 4. The molecule has 0 fully saturated rings. The van der Waals surface area contributed by atoms with Gasteiger partial charge >= 0.3 is 0 Å². The summed E-state index contributed by atoms with van der Waals surface area (Å²) in [6, 6.07) is 0. The molecule has 0 aromatic heterocycles. The van der Waals surface area contributed by atoms with Gasteiger partial charge in [0, 0.05) is 78.3 Å². The minimum Gasteiger partial charge on any atom is -0.359 e. The topological polar surface area (TPSA) is 68.3 Å². The molecule has 0 aromatic rings. The Hall–Kier alpha value is 1.02. The number of carbonyl (C=O) groups is 4. The number of rotatable bonds is 8. The van der Waals surface area contributed by atoms with Gasteiger partial charge in [0.15, 0.2) is 0 Å². The van der Waals surface area contributed by atoms with Crippen LogP contribution in [0.4, 0.5) is 0 Å². The third kappa shape index (κ3) is 45.8. The molecule has 0 bridgehead atoms. The first kappa shape index (κ1) is 36.9. The summed E-state index contributed by atoms with van der Waals surface area (Å²) in [7, 11) is 10.3. The number of ketones is 4. The van der Waals surface area contributed by atoms with E-state index in [1.807, 2.05) is 13.8 Å². The molecule has 0 aliphatic rings. The average molecular weight is 496 g/mol. The average Bonchev–Trinajstić information content (AvgIpc) is 2.36. The van der Waals surface area contributed by atoms with Crippen molar-refractivity contribution < 1.29 is 84.6 Å². The minimum atomic E-state index is -0.0862. The summed E-state index contributed by atoms with van der Waals surface area (Å²) in [5.74, 6) is 1.36. The Bertz CT molecular complexity index is 371. The van der Waals surface area contributed by atoms with E-state index in [-0.39, 0.29) is 108 Å². The summed E-state index contributed by atoms with van der Waals surface area (Å²) in [5, 5.41) is 0. The van der Waals surface area contributed by atoms with Crippen molar-refractivity contribution >= 4 is 38.8 Å². The van der Waals surface area contributed by atoms with Gasteiger partial charge in [0.1, 0.15) is 23.1 Å². The molecule has 0 aliphatic heterocycles. The molecule has 0 heterocycles. The maximum atomic E-state index is 10.9. The van der Waals surface area contributed by atoms with Crippen LogP contribution in [0.1, 0.15) is 73.6 Å². The van der Waals surface area contributed by atoms with Crippen LogP contribution in [0.2, 0.25) is 0 Å². The van der Waals surface area contributed by atoms with Crippen LogP contribution in [0.15, 0.2) is 0 Å². The van der Waals surface area contributed by atoms with Gasteiger partial charge in [0.05, 0.1) is 12.8 Å². The molecule has 4 nitrogen and oxygen atoms in total. The first-order valence-electron chi connectivity index (χ1n) is 7.64. The van der Waals surface area contributed by atoms with Crippen LogP contribution in [-0.2, 0) is 84.6 Å². The number of carbonyl (C=O) groups excluding carboxylic acids is 4. The first-order valence-corrected chi connectivity index (χ1v) is 7.64. The largest absolute Gasteiger partial charge is 0.359 e. The van der Waals surface area contributed by atoms with E-state index in [1.165, 1.54) is 6.92 Å². The normalized spacial score (nSPS) is 8.64. The second-order valence-corrected chi connectivity index (χ2v) is 5.48. The van der Waals surface area contributed by atoms with E-state index < -0.39 is 0 Å². The summed E-state index contributed by atoms with van der Waals surface area (Å²) < 4.78 is 0. The van der Waals surface area contributed by atoms with Crippen molar-refractivity contribution in [3.05, 3.63) is 11.6 Å².